The van der Waals surface area contributed by atoms with Crippen LogP contribution in [0.5, 0.6) is 0 Å². The van der Waals surface area contributed by atoms with Crippen molar-refractivity contribution in [2.45, 2.75) is 25.7 Å². The van der Waals surface area contributed by atoms with E-state index in [0.29, 0.717) is 17.7 Å². The molecule has 24 heavy (non-hydrogen) atoms. The molecule has 0 unspecified atom stereocenters. The molecule has 3 aromatic rings. The Morgan fingerprint density at radius 2 is 2.04 bits per heavy atom. The molecule has 1 saturated carbocycles. The van der Waals surface area contributed by atoms with E-state index in [9.17, 15) is 0 Å². The molecule has 7 heteroatoms. The number of H-pyrrole nitrogens is 1. The Labute approximate surface area is 148 Å². The molecule has 6 nitrogen and oxygen atoms in total. The number of nitrogens with zero attached hydrogens (tertiary/aromatic N) is 3. The van der Waals surface area contributed by atoms with Crippen LogP contribution >= 0.6 is 15.9 Å². The number of aryl methyl sites for hydroxylation is 1. The molecule has 1 fully saturated rings. The van der Waals surface area contributed by atoms with Crippen molar-refractivity contribution in [2.24, 2.45) is 0 Å². The van der Waals surface area contributed by atoms with Gasteiger partial charge in [-0.25, -0.2) is 4.98 Å². The van der Waals surface area contributed by atoms with Gasteiger partial charge in [0.2, 0.25) is 5.95 Å². The number of hydrogen-bond acceptors (Lipinski definition) is 5. The van der Waals surface area contributed by atoms with Crippen molar-refractivity contribution in [1.82, 2.24) is 20.2 Å². The monoisotopic (exact) mass is 384 g/mol. The summed E-state index contributed by atoms with van der Waals surface area (Å²) >= 11 is 3.49. The number of anilines is 4. The zero-order valence-electron chi connectivity index (χ0n) is 13.2. The molecule has 1 aliphatic rings. The highest BCUT2D eigenvalue weighted by Crippen LogP contribution is 2.39. The van der Waals surface area contributed by atoms with Gasteiger partial charge in [0.25, 0.3) is 0 Å². The van der Waals surface area contributed by atoms with Gasteiger partial charge >= 0.3 is 0 Å². The number of benzene rings is 1. The first-order valence-electron chi connectivity index (χ1n) is 7.86. The van der Waals surface area contributed by atoms with Gasteiger partial charge in [-0.05, 0) is 47.3 Å². The lowest BCUT2D eigenvalue weighted by molar-refractivity contribution is 0.966. The topological polar surface area (TPSA) is 78.5 Å². The third kappa shape index (κ3) is 3.26. The molecule has 1 aromatic carbocycles. The average Bonchev–Trinajstić information content (AvgIpc) is 3.33. The van der Waals surface area contributed by atoms with Crippen LogP contribution in [0.15, 0.2) is 41.0 Å². The van der Waals surface area contributed by atoms with Crippen molar-refractivity contribution in [3.63, 3.8) is 0 Å². The van der Waals surface area contributed by atoms with E-state index in [2.05, 4.69) is 46.7 Å². The first-order valence-corrected chi connectivity index (χ1v) is 8.66. The summed E-state index contributed by atoms with van der Waals surface area (Å²) in [7, 11) is 0. The number of halogens is 1. The third-order valence-electron chi connectivity index (χ3n) is 3.98. The molecule has 4 rings (SSSR count). The van der Waals surface area contributed by atoms with Crippen molar-refractivity contribution in [3.05, 3.63) is 52.3 Å². The third-order valence-corrected chi connectivity index (χ3v) is 4.56. The standard InChI is InChI=1S/C17H17BrN6/c1-10-4-2-3-5-13(10)20-17-19-9-12(18)16(22-17)21-15-8-14(23-24-15)11-6-7-11/h2-5,8-9,11H,6-7H2,1H3,(H3,19,20,21,22,23,24). The summed E-state index contributed by atoms with van der Waals surface area (Å²) in [4.78, 5) is 8.87. The predicted octanol–water partition coefficient (Wildman–Crippen LogP) is 4.64. The normalized spacial score (nSPS) is 13.8. The van der Waals surface area contributed by atoms with Gasteiger partial charge in [0.05, 0.1) is 10.2 Å². The SMILES string of the molecule is Cc1ccccc1Nc1ncc(Br)c(Nc2cc(C3CC3)n[nH]2)n1. The highest BCUT2D eigenvalue weighted by Gasteiger charge is 2.26. The fraction of sp³-hybridized carbons (Fsp3) is 0.235. The van der Waals surface area contributed by atoms with Gasteiger partial charge in [-0.15, -0.1) is 0 Å². The Balaban J connectivity index is 1.55. The van der Waals surface area contributed by atoms with Crippen LogP contribution in [-0.4, -0.2) is 20.2 Å². The minimum absolute atomic E-state index is 0.539. The Morgan fingerprint density at radius 1 is 1.21 bits per heavy atom. The van der Waals surface area contributed by atoms with Gasteiger partial charge in [-0.1, -0.05) is 18.2 Å². The summed E-state index contributed by atoms with van der Waals surface area (Å²) < 4.78 is 0.792. The lowest BCUT2D eigenvalue weighted by Gasteiger charge is -2.10. The summed E-state index contributed by atoms with van der Waals surface area (Å²) in [6, 6.07) is 10.1. The van der Waals surface area contributed by atoms with Crippen LogP contribution < -0.4 is 10.6 Å². The van der Waals surface area contributed by atoms with E-state index in [1.54, 1.807) is 6.20 Å². The molecule has 0 atom stereocenters. The quantitative estimate of drug-likeness (QED) is 0.597. The number of aromatic nitrogens is 4. The van der Waals surface area contributed by atoms with Crippen molar-refractivity contribution in [2.75, 3.05) is 10.6 Å². The Kier molecular flexibility index (Phi) is 3.93. The van der Waals surface area contributed by atoms with E-state index in [4.69, 9.17) is 0 Å². The molecule has 0 spiro atoms. The molecular formula is C17H17BrN6. The number of aromatic amines is 1. The van der Waals surface area contributed by atoms with Gasteiger partial charge in [-0.3, -0.25) is 5.10 Å². The van der Waals surface area contributed by atoms with E-state index in [1.807, 2.05) is 37.3 Å². The number of nitrogens with one attached hydrogen (secondary N) is 3. The minimum Gasteiger partial charge on any atom is -0.324 e. The van der Waals surface area contributed by atoms with E-state index in [-0.39, 0.29) is 0 Å². The van der Waals surface area contributed by atoms with Crippen molar-refractivity contribution in [1.29, 1.82) is 0 Å². The van der Waals surface area contributed by atoms with Crippen LogP contribution in [0.3, 0.4) is 0 Å². The van der Waals surface area contributed by atoms with Crippen LogP contribution in [0, 0.1) is 6.92 Å². The van der Waals surface area contributed by atoms with Crippen LogP contribution in [0.25, 0.3) is 0 Å². The van der Waals surface area contributed by atoms with Crippen molar-refractivity contribution < 1.29 is 0 Å². The smallest absolute Gasteiger partial charge is 0.229 e. The molecule has 2 aromatic heterocycles. The largest absolute Gasteiger partial charge is 0.324 e. The van der Waals surface area contributed by atoms with Crippen molar-refractivity contribution in [3.8, 4) is 0 Å². The van der Waals surface area contributed by atoms with E-state index < -0.39 is 0 Å². The van der Waals surface area contributed by atoms with Crippen molar-refractivity contribution >= 4 is 39.2 Å². The lowest BCUT2D eigenvalue weighted by Crippen LogP contribution is -2.02. The van der Waals surface area contributed by atoms with Crippen LogP contribution in [-0.2, 0) is 0 Å². The molecule has 0 radical (unpaired) electrons. The molecule has 3 N–H and O–H groups in total. The highest BCUT2D eigenvalue weighted by molar-refractivity contribution is 9.10. The molecule has 0 saturated heterocycles. The average molecular weight is 385 g/mol. The van der Waals surface area contributed by atoms with Crippen LogP contribution in [0.2, 0.25) is 0 Å². The molecule has 0 bridgehead atoms. The fourth-order valence-corrected chi connectivity index (χ4v) is 2.76. The minimum atomic E-state index is 0.539. The first-order chi connectivity index (χ1) is 11.7. The summed E-state index contributed by atoms with van der Waals surface area (Å²) in [5, 5.41) is 13.9. The lowest BCUT2D eigenvalue weighted by atomic mass is 10.2. The zero-order chi connectivity index (χ0) is 16.5. The van der Waals surface area contributed by atoms with Crippen LogP contribution in [0.1, 0.15) is 30.0 Å². The maximum absolute atomic E-state index is 4.55. The van der Waals surface area contributed by atoms with Crippen LogP contribution in [0.4, 0.5) is 23.3 Å². The summed E-state index contributed by atoms with van der Waals surface area (Å²) in [5.41, 5.74) is 3.24. The molecule has 2 heterocycles. The fourth-order valence-electron chi connectivity index (χ4n) is 2.47. The molecular weight excluding hydrogens is 368 g/mol. The second kappa shape index (κ2) is 6.24. The zero-order valence-corrected chi connectivity index (χ0v) is 14.8. The van der Waals surface area contributed by atoms with E-state index in [1.165, 1.54) is 12.8 Å². The Hall–Kier alpha value is -2.41. The van der Waals surface area contributed by atoms with Gasteiger partial charge in [0.1, 0.15) is 5.82 Å². The Morgan fingerprint density at radius 3 is 2.83 bits per heavy atom. The molecule has 0 aliphatic heterocycles. The van der Waals surface area contributed by atoms with Gasteiger partial charge in [0, 0.05) is 23.9 Å². The molecule has 1 aliphatic carbocycles. The summed E-state index contributed by atoms with van der Waals surface area (Å²) in [6.45, 7) is 2.05. The second-order valence-electron chi connectivity index (χ2n) is 5.94. The second-order valence-corrected chi connectivity index (χ2v) is 6.79. The summed E-state index contributed by atoms with van der Waals surface area (Å²) in [5.74, 6) is 2.67. The molecule has 122 valence electrons. The van der Waals surface area contributed by atoms with E-state index >= 15 is 0 Å². The van der Waals surface area contributed by atoms with Gasteiger partial charge in [0.15, 0.2) is 5.82 Å². The summed E-state index contributed by atoms with van der Waals surface area (Å²) in [6.07, 6.45) is 4.19. The molecule has 0 amide bonds. The van der Waals surface area contributed by atoms with E-state index in [0.717, 1.165) is 27.2 Å². The highest BCUT2D eigenvalue weighted by atomic mass is 79.9. The predicted molar refractivity (Wildman–Crippen MR) is 98.0 cm³/mol. The number of hydrogen-bond donors (Lipinski definition) is 3. The first kappa shape index (κ1) is 15.1. The van der Waals surface area contributed by atoms with Gasteiger partial charge in [-0.2, -0.15) is 10.1 Å². The maximum atomic E-state index is 4.55. The maximum Gasteiger partial charge on any atom is 0.229 e. The number of para-hydroxylation sites is 1. The van der Waals surface area contributed by atoms with Gasteiger partial charge < -0.3 is 10.6 Å². The Bertz CT molecular complexity index is 871. The number of rotatable bonds is 5.